The molecule has 1 fully saturated rings. The van der Waals surface area contributed by atoms with E-state index in [0.717, 1.165) is 30.1 Å². The van der Waals surface area contributed by atoms with Crippen molar-refractivity contribution in [1.82, 2.24) is 25.3 Å². The van der Waals surface area contributed by atoms with Crippen molar-refractivity contribution in [2.24, 2.45) is 5.92 Å². The van der Waals surface area contributed by atoms with Crippen LogP contribution in [-0.4, -0.2) is 33.0 Å². The van der Waals surface area contributed by atoms with Crippen molar-refractivity contribution in [3.8, 4) is 0 Å². The Hall–Kier alpha value is -1.49. The fourth-order valence-corrected chi connectivity index (χ4v) is 2.13. The fraction of sp³-hybridized carbons (Fsp3) is 0.500. The van der Waals surface area contributed by atoms with Crippen molar-refractivity contribution >= 4 is 11.2 Å². The first-order chi connectivity index (χ1) is 7.34. The van der Waals surface area contributed by atoms with Crippen LogP contribution in [0.1, 0.15) is 18.7 Å². The zero-order valence-corrected chi connectivity index (χ0v) is 8.57. The number of H-pyrrole nitrogens is 1. The zero-order chi connectivity index (χ0) is 10.3. The molecule has 0 radical (unpaired) electrons. The Morgan fingerprint density at radius 1 is 1.40 bits per heavy atom. The third kappa shape index (κ3) is 1.39. The van der Waals surface area contributed by atoms with Gasteiger partial charge >= 0.3 is 0 Å². The van der Waals surface area contributed by atoms with Crippen molar-refractivity contribution in [2.45, 2.75) is 12.8 Å². The van der Waals surface area contributed by atoms with E-state index in [-0.39, 0.29) is 0 Å². The zero-order valence-electron chi connectivity index (χ0n) is 8.57. The monoisotopic (exact) mass is 203 g/mol. The summed E-state index contributed by atoms with van der Waals surface area (Å²) < 4.78 is 0. The minimum absolute atomic E-state index is 0.471. The van der Waals surface area contributed by atoms with E-state index in [1.165, 1.54) is 6.33 Å². The first-order valence-electron chi connectivity index (χ1n) is 5.21. The Labute approximate surface area is 87.3 Å². The average molecular weight is 203 g/mol. The smallest absolute Gasteiger partial charge is 0.180 e. The lowest BCUT2D eigenvalue weighted by Gasteiger charge is -2.09. The Kier molecular flexibility index (Phi) is 1.92. The number of aromatic amines is 1. The standard InChI is InChI=1S/C10H13N5/c1-6-2-11-3-7(6)9-14-8-4-12-5-13-10(8)15-9/h4-7,11H,2-3H2,1H3,(H,12,13,14,15)/t6-,7-/m1/s1. The van der Waals surface area contributed by atoms with Crippen LogP contribution in [0.2, 0.25) is 0 Å². The van der Waals surface area contributed by atoms with Crippen LogP contribution in [-0.2, 0) is 0 Å². The van der Waals surface area contributed by atoms with E-state index in [0.29, 0.717) is 11.8 Å². The Bertz CT molecular complexity index is 444. The molecule has 1 saturated heterocycles. The summed E-state index contributed by atoms with van der Waals surface area (Å²) in [5, 5.41) is 3.37. The molecule has 2 N–H and O–H groups in total. The van der Waals surface area contributed by atoms with E-state index >= 15 is 0 Å². The molecule has 5 nitrogen and oxygen atoms in total. The number of fused-ring (bicyclic) bond motifs is 1. The lowest BCUT2D eigenvalue weighted by molar-refractivity contribution is 0.551. The van der Waals surface area contributed by atoms with Crippen molar-refractivity contribution < 1.29 is 0 Å². The molecule has 1 aliphatic rings. The largest absolute Gasteiger partial charge is 0.339 e. The fourth-order valence-electron chi connectivity index (χ4n) is 2.13. The molecule has 2 atom stereocenters. The Balaban J connectivity index is 2.04. The highest BCUT2D eigenvalue weighted by atomic mass is 15.0. The van der Waals surface area contributed by atoms with Gasteiger partial charge in [-0.15, -0.1) is 0 Å². The quantitative estimate of drug-likeness (QED) is 0.715. The van der Waals surface area contributed by atoms with Gasteiger partial charge in [-0.05, 0) is 12.5 Å². The SMILES string of the molecule is C[C@@H]1CNC[C@H]1c1nc2ncncc2[nH]1. The first-order valence-corrected chi connectivity index (χ1v) is 5.21. The molecular weight excluding hydrogens is 190 g/mol. The predicted octanol–water partition coefficient (Wildman–Crippen LogP) is 0.676. The minimum Gasteiger partial charge on any atom is -0.339 e. The van der Waals surface area contributed by atoms with E-state index in [9.17, 15) is 0 Å². The molecule has 0 saturated carbocycles. The number of nitrogens with one attached hydrogen (secondary N) is 2. The molecule has 0 amide bonds. The molecule has 2 aromatic rings. The van der Waals surface area contributed by atoms with E-state index in [1.807, 2.05) is 0 Å². The maximum atomic E-state index is 4.50. The van der Waals surface area contributed by atoms with Crippen LogP contribution in [0.3, 0.4) is 0 Å². The van der Waals surface area contributed by atoms with Gasteiger partial charge in [0, 0.05) is 12.5 Å². The molecule has 15 heavy (non-hydrogen) atoms. The predicted molar refractivity (Wildman–Crippen MR) is 56.5 cm³/mol. The van der Waals surface area contributed by atoms with Gasteiger partial charge in [0.15, 0.2) is 5.65 Å². The molecule has 0 unspecified atom stereocenters. The third-order valence-corrected chi connectivity index (χ3v) is 3.05. The second-order valence-electron chi connectivity index (χ2n) is 4.12. The molecule has 3 heterocycles. The second-order valence-corrected chi connectivity index (χ2v) is 4.12. The van der Waals surface area contributed by atoms with Gasteiger partial charge in [0.05, 0.1) is 6.20 Å². The summed E-state index contributed by atoms with van der Waals surface area (Å²) in [6, 6.07) is 0. The molecule has 78 valence electrons. The number of imidazole rings is 1. The molecular formula is C10H13N5. The summed E-state index contributed by atoms with van der Waals surface area (Å²) in [5.74, 6) is 2.13. The lowest BCUT2D eigenvalue weighted by Crippen LogP contribution is -2.09. The van der Waals surface area contributed by atoms with Crippen LogP contribution in [0, 0.1) is 5.92 Å². The molecule has 1 aliphatic heterocycles. The van der Waals surface area contributed by atoms with Crippen LogP contribution >= 0.6 is 0 Å². The van der Waals surface area contributed by atoms with Gasteiger partial charge in [-0.25, -0.2) is 15.0 Å². The normalized spacial score (nSPS) is 26.2. The maximum absolute atomic E-state index is 4.50. The van der Waals surface area contributed by atoms with Crippen molar-refractivity contribution in [3.05, 3.63) is 18.3 Å². The van der Waals surface area contributed by atoms with Gasteiger partial charge in [-0.2, -0.15) is 0 Å². The van der Waals surface area contributed by atoms with Crippen molar-refractivity contribution in [2.75, 3.05) is 13.1 Å². The highest BCUT2D eigenvalue weighted by molar-refractivity contribution is 5.68. The molecule has 0 aliphatic carbocycles. The average Bonchev–Trinajstić information content (AvgIpc) is 2.82. The molecule has 2 aromatic heterocycles. The number of rotatable bonds is 1. The summed E-state index contributed by atoms with van der Waals surface area (Å²) in [7, 11) is 0. The van der Waals surface area contributed by atoms with Gasteiger partial charge in [-0.3, -0.25) is 0 Å². The van der Waals surface area contributed by atoms with Crippen molar-refractivity contribution in [3.63, 3.8) is 0 Å². The number of nitrogens with zero attached hydrogens (tertiary/aromatic N) is 3. The summed E-state index contributed by atoms with van der Waals surface area (Å²) in [6.07, 6.45) is 3.30. The van der Waals surface area contributed by atoms with Gasteiger partial charge in [-0.1, -0.05) is 6.92 Å². The molecule has 0 spiro atoms. The summed E-state index contributed by atoms with van der Waals surface area (Å²) in [5.41, 5.74) is 1.69. The first kappa shape index (κ1) is 8.79. The lowest BCUT2D eigenvalue weighted by atomic mass is 9.98. The number of hydrogen-bond donors (Lipinski definition) is 2. The van der Waals surface area contributed by atoms with Gasteiger partial charge < -0.3 is 10.3 Å². The number of hydrogen-bond acceptors (Lipinski definition) is 4. The highest BCUT2D eigenvalue weighted by Crippen LogP contribution is 2.26. The van der Waals surface area contributed by atoms with Crippen LogP contribution in [0.4, 0.5) is 0 Å². The van der Waals surface area contributed by atoms with E-state index < -0.39 is 0 Å². The maximum Gasteiger partial charge on any atom is 0.180 e. The highest BCUT2D eigenvalue weighted by Gasteiger charge is 2.27. The summed E-state index contributed by atoms with van der Waals surface area (Å²) >= 11 is 0. The second kappa shape index (κ2) is 3.27. The molecule has 5 heteroatoms. The van der Waals surface area contributed by atoms with E-state index in [1.54, 1.807) is 6.20 Å². The van der Waals surface area contributed by atoms with Crippen LogP contribution in [0.15, 0.2) is 12.5 Å². The molecule has 3 rings (SSSR count). The topological polar surface area (TPSA) is 66.5 Å². The molecule has 0 aromatic carbocycles. The van der Waals surface area contributed by atoms with Gasteiger partial charge in [0.1, 0.15) is 17.7 Å². The van der Waals surface area contributed by atoms with Crippen molar-refractivity contribution in [1.29, 1.82) is 0 Å². The van der Waals surface area contributed by atoms with Gasteiger partial charge in [0.25, 0.3) is 0 Å². The Morgan fingerprint density at radius 3 is 3.07 bits per heavy atom. The van der Waals surface area contributed by atoms with E-state index in [2.05, 4.69) is 32.2 Å². The van der Waals surface area contributed by atoms with E-state index in [4.69, 9.17) is 0 Å². The molecule has 0 bridgehead atoms. The summed E-state index contributed by atoms with van der Waals surface area (Å²) in [4.78, 5) is 15.9. The van der Waals surface area contributed by atoms with Gasteiger partial charge in [0.2, 0.25) is 0 Å². The Morgan fingerprint density at radius 2 is 2.33 bits per heavy atom. The van der Waals surface area contributed by atoms with Crippen LogP contribution in [0.25, 0.3) is 11.2 Å². The minimum atomic E-state index is 0.471. The van der Waals surface area contributed by atoms with Crippen LogP contribution in [0.5, 0.6) is 0 Å². The summed E-state index contributed by atoms with van der Waals surface area (Å²) in [6.45, 7) is 4.30. The number of aromatic nitrogens is 4. The van der Waals surface area contributed by atoms with Crippen LogP contribution < -0.4 is 5.32 Å². The third-order valence-electron chi connectivity index (χ3n) is 3.05.